The van der Waals surface area contributed by atoms with E-state index in [0.29, 0.717) is 17.9 Å². The van der Waals surface area contributed by atoms with Gasteiger partial charge in [0.2, 0.25) is 0 Å². The Labute approximate surface area is 117 Å². The molecule has 0 saturated heterocycles. The minimum atomic E-state index is -0.147. The van der Waals surface area contributed by atoms with Crippen molar-refractivity contribution in [3.8, 4) is 0 Å². The lowest BCUT2D eigenvalue weighted by molar-refractivity contribution is 0.716. The van der Waals surface area contributed by atoms with Crippen molar-refractivity contribution in [3.05, 3.63) is 52.6 Å². The van der Waals surface area contributed by atoms with Crippen molar-refractivity contribution in [1.82, 2.24) is 9.55 Å². The number of nitrogens with one attached hydrogen (secondary N) is 1. The van der Waals surface area contributed by atoms with E-state index in [4.69, 9.17) is 11.1 Å². The van der Waals surface area contributed by atoms with Crippen LogP contribution in [-0.4, -0.2) is 22.4 Å². The average Bonchev–Trinajstić information content (AvgIpc) is 2.47. The van der Waals surface area contributed by atoms with E-state index in [1.54, 1.807) is 47.1 Å². The van der Waals surface area contributed by atoms with E-state index >= 15 is 0 Å². The maximum absolute atomic E-state index is 12.2. The zero-order valence-electron chi connectivity index (χ0n) is 11.5. The minimum absolute atomic E-state index is 0.00719. The number of aryl methyl sites for hydroxylation is 1. The van der Waals surface area contributed by atoms with Crippen LogP contribution in [0.5, 0.6) is 0 Å². The molecule has 0 unspecified atom stereocenters. The summed E-state index contributed by atoms with van der Waals surface area (Å²) in [7, 11) is 1.77. The van der Waals surface area contributed by atoms with Crippen molar-refractivity contribution in [2.45, 2.75) is 13.5 Å². The van der Waals surface area contributed by atoms with Gasteiger partial charge in [-0.3, -0.25) is 10.2 Å². The molecule has 0 radical (unpaired) electrons. The van der Waals surface area contributed by atoms with Crippen LogP contribution in [0.2, 0.25) is 0 Å². The molecule has 1 aromatic heterocycles. The number of nitrogens with two attached hydrogens (primary N) is 1. The third kappa shape index (κ3) is 2.54. The van der Waals surface area contributed by atoms with Gasteiger partial charge in [0.25, 0.3) is 5.56 Å². The van der Waals surface area contributed by atoms with Gasteiger partial charge in [0.15, 0.2) is 5.82 Å². The molecular formula is C14H17N5O. The molecule has 2 rings (SSSR count). The van der Waals surface area contributed by atoms with Crippen LogP contribution in [-0.2, 0) is 6.54 Å². The van der Waals surface area contributed by atoms with E-state index in [1.165, 1.54) is 0 Å². The highest BCUT2D eigenvalue weighted by Gasteiger charge is 2.12. The van der Waals surface area contributed by atoms with Gasteiger partial charge in [0.05, 0.1) is 0 Å². The third-order valence-corrected chi connectivity index (χ3v) is 3.10. The molecule has 2 aromatic rings. The van der Waals surface area contributed by atoms with E-state index in [-0.39, 0.29) is 11.4 Å². The lowest BCUT2D eigenvalue weighted by Gasteiger charge is -2.19. The number of hydrogen-bond acceptors (Lipinski definition) is 4. The number of anilines is 2. The van der Waals surface area contributed by atoms with Gasteiger partial charge in [-0.15, -0.1) is 0 Å². The first-order valence-electron chi connectivity index (χ1n) is 6.28. The molecule has 0 atom stereocenters. The molecule has 0 aliphatic heterocycles. The average molecular weight is 271 g/mol. The second-order valence-corrected chi connectivity index (χ2v) is 4.37. The van der Waals surface area contributed by atoms with Crippen molar-refractivity contribution < 1.29 is 0 Å². The fourth-order valence-corrected chi connectivity index (χ4v) is 1.92. The summed E-state index contributed by atoms with van der Waals surface area (Å²) < 4.78 is 1.59. The Kier molecular flexibility index (Phi) is 3.84. The smallest absolute Gasteiger partial charge is 0.293 e. The molecule has 104 valence electrons. The van der Waals surface area contributed by atoms with Gasteiger partial charge in [-0.25, -0.2) is 4.98 Å². The van der Waals surface area contributed by atoms with E-state index in [0.717, 1.165) is 5.69 Å². The molecule has 0 fully saturated rings. The van der Waals surface area contributed by atoms with Gasteiger partial charge in [0, 0.05) is 37.2 Å². The SMILES string of the molecule is CCn1ccnc(N(C)c2cccc(C(=N)N)c2)c1=O. The molecule has 0 aliphatic rings. The van der Waals surface area contributed by atoms with Gasteiger partial charge < -0.3 is 15.2 Å². The van der Waals surface area contributed by atoms with Crippen LogP contribution < -0.4 is 16.2 Å². The molecule has 0 aliphatic carbocycles. The summed E-state index contributed by atoms with van der Waals surface area (Å²) in [6.45, 7) is 2.50. The number of amidine groups is 1. The second-order valence-electron chi connectivity index (χ2n) is 4.37. The van der Waals surface area contributed by atoms with Crippen molar-refractivity contribution in [2.75, 3.05) is 11.9 Å². The van der Waals surface area contributed by atoms with Gasteiger partial charge in [-0.1, -0.05) is 12.1 Å². The number of nitrogens with zero attached hydrogens (tertiary/aromatic N) is 3. The van der Waals surface area contributed by atoms with Crippen molar-refractivity contribution in [3.63, 3.8) is 0 Å². The fraction of sp³-hybridized carbons (Fsp3) is 0.214. The minimum Gasteiger partial charge on any atom is -0.384 e. The summed E-state index contributed by atoms with van der Waals surface area (Å²) >= 11 is 0. The Morgan fingerprint density at radius 2 is 2.25 bits per heavy atom. The molecule has 6 heteroatoms. The monoisotopic (exact) mass is 271 g/mol. The van der Waals surface area contributed by atoms with Crippen LogP contribution >= 0.6 is 0 Å². The van der Waals surface area contributed by atoms with Crippen LogP contribution in [0.4, 0.5) is 11.5 Å². The van der Waals surface area contributed by atoms with Crippen molar-refractivity contribution >= 4 is 17.3 Å². The lowest BCUT2D eigenvalue weighted by Crippen LogP contribution is -2.27. The fourth-order valence-electron chi connectivity index (χ4n) is 1.92. The largest absolute Gasteiger partial charge is 0.384 e. The zero-order chi connectivity index (χ0) is 14.7. The lowest BCUT2D eigenvalue weighted by atomic mass is 10.2. The molecule has 0 saturated carbocycles. The predicted octanol–water partition coefficient (Wildman–Crippen LogP) is 1.32. The van der Waals surface area contributed by atoms with E-state index < -0.39 is 0 Å². The van der Waals surface area contributed by atoms with Crippen LogP contribution in [0, 0.1) is 5.41 Å². The quantitative estimate of drug-likeness (QED) is 0.648. The summed E-state index contributed by atoms with van der Waals surface area (Å²) in [6.07, 6.45) is 3.26. The third-order valence-electron chi connectivity index (χ3n) is 3.10. The molecule has 6 nitrogen and oxygen atoms in total. The maximum Gasteiger partial charge on any atom is 0.293 e. The summed E-state index contributed by atoms with van der Waals surface area (Å²) in [6, 6.07) is 7.15. The van der Waals surface area contributed by atoms with Gasteiger partial charge in [-0.05, 0) is 19.1 Å². The Hall–Kier alpha value is -2.63. The first-order chi connectivity index (χ1) is 9.54. The van der Waals surface area contributed by atoms with Gasteiger partial charge in [-0.2, -0.15) is 0 Å². The second kappa shape index (κ2) is 5.56. The number of hydrogen-bond donors (Lipinski definition) is 2. The van der Waals surface area contributed by atoms with Gasteiger partial charge in [0.1, 0.15) is 5.84 Å². The maximum atomic E-state index is 12.2. The number of nitrogen functional groups attached to an aromatic ring is 1. The Bertz CT molecular complexity index is 692. The predicted molar refractivity (Wildman–Crippen MR) is 79.7 cm³/mol. The Balaban J connectivity index is 2.46. The Morgan fingerprint density at radius 1 is 1.50 bits per heavy atom. The molecule has 1 heterocycles. The van der Waals surface area contributed by atoms with Crippen molar-refractivity contribution in [2.24, 2.45) is 5.73 Å². The topological polar surface area (TPSA) is 88.0 Å². The standard InChI is InChI=1S/C14H17N5O/c1-3-19-8-7-17-13(14(19)20)18(2)11-6-4-5-10(9-11)12(15)16/h4-9H,3H2,1-2H3,(H3,15,16). The van der Waals surface area contributed by atoms with Crippen LogP contribution in [0.1, 0.15) is 12.5 Å². The molecular weight excluding hydrogens is 254 g/mol. The first kappa shape index (κ1) is 13.8. The molecule has 0 amide bonds. The zero-order valence-corrected chi connectivity index (χ0v) is 11.5. The molecule has 3 N–H and O–H groups in total. The van der Waals surface area contributed by atoms with E-state index in [1.807, 2.05) is 13.0 Å². The normalized spacial score (nSPS) is 10.3. The van der Waals surface area contributed by atoms with Gasteiger partial charge >= 0.3 is 0 Å². The highest BCUT2D eigenvalue weighted by atomic mass is 16.1. The summed E-state index contributed by atoms with van der Waals surface area (Å²) in [4.78, 5) is 18.1. The molecule has 0 spiro atoms. The van der Waals surface area contributed by atoms with Crippen molar-refractivity contribution in [1.29, 1.82) is 5.41 Å². The number of benzene rings is 1. The molecule has 1 aromatic carbocycles. The summed E-state index contributed by atoms with van der Waals surface area (Å²) in [5.74, 6) is 0.335. The van der Waals surface area contributed by atoms with E-state index in [2.05, 4.69) is 4.98 Å². The highest BCUT2D eigenvalue weighted by Crippen LogP contribution is 2.19. The molecule has 0 bridgehead atoms. The summed E-state index contributed by atoms with van der Waals surface area (Å²) in [5.41, 5.74) is 6.71. The van der Waals surface area contributed by atoms with Crippen LogP contribution in [0.3, 0.4) is 0 Å². The highest BCUT2D eigenvalue weighted by molar-refractivity contribution is 5.95. The van der Waals surface area contributed by atoms with Crippen LogP contribution in [0.15, 0.2) is 41.5 Å². The first-order valence-corrected chi connectivity index (χ1v) is 6.28. The molecule has 20 heavy (non-hydrogen) atoms. The van der Waals surface area contributed by atoms with Crippen LogP contribution in [0.25, 0.3) is 0 Å². The van der Waals surface area contributed by atoms with E-state index in [9.17, 15) is 4.79 Å². The summed E-state index contributed by atoms with van der Waals surface area (Å²) in [5, 5.41) is 7.46. The number of rotatable bonds is 4. The Morgan fingerprint density at radius 3 is 2.90 bits per heavy atom. The number of aromatic nitrogens is 2.